The van der Waals surface area contributed by atoms with Gasteiger partial charge in [-0.1, -0.05) is 15.9 Å². The highest BCUT2D eigenvalue weighted by atomic mass is 79.9. The van der Waals surface area contributed by atoms with Crippen molar-refractivity contribution in [3.63, 3.8) is 0 Å². The lowest BCUT2D eigenvalue weighted by Gasteiger charge is -2.40. The summed E-state index contributed by atoms with van der Waals surface area (Å²) in [6.07, 6.45) is 3.58. The topological polar surface area (TPSA) is 32.3 Å². The third kappa shape index (κ3) is 1.52. The van der Waals surface area contributed by atoms with Crippen LogP contribution in [0.1, 0.15) is 29.6 Å². The number of halogens is 1. The highest BCUT2D eigenvalue weighted by Crippen LogP contribution is 2.31. The summed E-state index contributed by atoms with van der Waals surface area (Å²) in [4.78, 5) is 14.2. The molecular weight excluding hydrogens is 268 g/mol. The molecule has 1 fully saturated rings. The second-order valence-electron chi connectivity index (χ2n) is 4.34. The lowest BCUT2D eigenvalue weighted by Crippen LogP contribution is -2.51. The Morgan fingerprint density at radius 1 is 1.38 bits per heavy atom. The number of carbonyl (C=O) groups excluding carboxylic acids is 1. The van der Waals surface area contributed by atoms with Gasteiger partial charge in [0.2, 0.25) is 0 Å². The molecule has 0 spiro atoms. The summed E-state index contributed by atoms with van der Waals surface area (Å²) >= 11 is 3.41. The van der Waals surface area contributed by atoms with E-state index in [4.69, 9.17) is 0 Å². The molecule has 1 aromatic rings. The van der Waals surface area contributed by atoms with E-state index in [2.05, 4.69) is 21.2 Å². The van der Waals surface area contributed by atoms with E-state index in [1.165, 1.54) is 6.42 Å². The summed E-state index contributed by atoms with van der Waals surface area (Å²) in [5.74, 6) is 0.166. The van der Waals surface area contributed by atoms with Crippen LogP contribution in [0.2, 0.25) is 0 Å². The fourth-order valence-corrected chi connectivity index (χ4v) is 2.84. The molecular formula is C12H13BrN2O. The van der Waals surface area contributed by atoms with E-state index in [1.54, 1.807) is 0 Å². The van der Waals surface area contributed by atoms with E-state index in [9.17, 15) is 4.79 Å². The first-order valence-corrected chi connectivity index (χ1v) is 6.42. The zero-order chi connectivity index (χ0) is 11.1. The van der Waals surface area contributed by atoms with Crippen LogP contribution < -0.4 is 5.32 Å². The van der Waals surface area contributed by atoms with Crippen LogP contribution in [0.3, 0.4) is 0 Å². The van der Waals surface area contributed by atoms with Crippen molar-refractivity contribution in [1.29, 1.82) is 0 Å². The summed E-state index contributed by atoms with van der Waals surface area (Å²) in [6.45, 7) is 0.877. The van der Waals surface area contributed by atoms with Crippen molar-refractivity contribution >= 4 is 27.5 Å². The van der Waals surface area contributed by atoms with Crippen molar-refractivity contribution < 1.29 is 4.79 Å². The van der Waals surface area contributed by atoms with Gasteiger partial charge >= 0.3 is 0 Å². The summed E-state index contributed by atoms with van der Waals surface area (Å²) in [5, 5.41) is 3.44. The van der Waals surface area contributed by atoms with Gasteiger partial charge < -0.3 is 10.2 Å². The molecule has 2 heterocycles. The Kier molecular flexibility index (Phi) is 2.39. The first-order valence-electron chi connectivity index (χ1n) is 5.63. The van der Waals surface area contributed by atoms with Crippen molar-refractivity contribution in [2.24, 2.45) is 0 Å². The number of hydrogen-bond acceptors (Lipinski definition) is 2. The van der Waals surface area contributed by atoms with E-state index in [0.717, 1.165) is 35.1 Å². The quantitative estimate of drug-likeness (QED) is 0.793. The Morgan fingerprint density at radius 3 is 3.12 bits per heavy atom. The van der Waals surface area contributed by atoms with Crippen molar-refractivity contribution in [3.8, 4) is 0 Å². The van der Waals surface area contributed by atoms with Gasteiger partial charge in [-0.3, -0.25) is 4.79 Å². The van der Waals surface area contributed by atoms with Crippen LogP contribution in [0.5, 0.6) is 0 Å². The van der Waals surface area contributed by atoms with E-state index in [1.807, 2.05) is 23.1 Å². The number of hydrogen-bond donors (Lipinski definition) is 1. The predicted octanol–water partition coefficient (Wildman–Crippen LogP) is 2.83. The maximum atomic E-state index is 12.3. The minimum Gasteiger partial charge on any atom is -0.364 e. The van der Waals surface area contributed by atoms with E-state index < -0.39 is 0 Å². The molecule has 1 N–H and O–H groups in total. The SMILES string of the molecule is O=C1c2cc(Br)ccc2NC2CCCCN12. The molecule has 1 unspecified atom stereocenters. The van der Waals surface area contributed by atoms with E-state index in [0.29, 0.717) is 0 Å². The summed E-state index contributed by atoms with van der Waals surface area (Å²) in [5.41, 5.74) is 1.75. The van der Waals surface area contributed by atoms with Gasteiger partial charge in [0.05, 0.1) is 5.56 Å². The van der Waals surface area contributed by atoms with Crippen molar-refractivity contribution in [2.45, 2.75) is 25.4 Å². The van der Waals surface area contributed by atoms with Crippen LogP contribution in [-0.4, -0.2) is 23.5 Å². The van der Waals surface area contributed by atoms with Gasteiger partial charge in [-0.2, -0.15) is 0 Å². The number of nitrogens with one attached hydrogen (secondary N) is 1. The van der Waals surface area contributed by atoms with Crippen LogP contribution in [0.4, 0.5) is 5.69 Å². The molecule has 0 bridgehead atoms. The molecule has 1 atom stereocenters. The second kappa shape index (κ2) is 3.77. The normalized spacial score (nSPS) is 23.4. The van der Waals surface area contributed by atoms with Crippen molar-refractivity contribution in [3.05, 3.63) is 28.2 Å². The highest BCUT2D eigenvalue weighted by molar-refractivity contribution is 9.10. The standard InChI is InChI=1S/C12H13BrN2O/c13-8-4-5-10-9(7-8)12(16)15-6-2-1-3-11(15)14-10/h4-5,7,11,14H,1-3,6H2. The van der Waals surface area contributed by atoms with Gasteiger partial charge in [-0.05, 0) is 37.5 Å². The molecule has 0 radical (unpaired) electrons. The maximum absolute atomic E-state index is 12.3. The van der Waals surface area contributed by atoms with Gasteiger partial charge in [0.1, 0.15) is 6.17 Å². The molecule has 1 amide bonds. The predicted molar refractivity (Wildman–Crippen MR) is 66.4 cm³/mol. The third-order valence-corrected chi connectivity index (χ3v) is 3.79. The molecule has 0 saturated carbocycles. The Hall–Kier alpha value is -1.03. The number of amides is 1. The molecule has 1 saturated heterocycles. The molecule has 2 aliphatic rings. The summed E-state index contributed by atoms with van der Waals surface area (Å²) in [6, 6.07) is 5.84. The zero-order valence-electron chi connectivity index (χ0n) is 8.87. The number of carbonyl (C=O) groups is 1. The molecule has 16 heavy (non-hydrogen) atoms. The fraction of sp³-hybridized carbons (Fsp3) is 0.417. The third-order valence-electron chi connectivity index (χ3n) is 3.30. The first-order chi connectivity index (χ1) is 7.75. The van der Waals surface area contributed by atoms with Crippen LogP contribution in [0.15, 0.2) is 22.7 Å². The average Bonchev–Trinajstić information content (AvgIpc) is 2.31. The molecule has 3 nitrogen and oxygen atoms in total. The fourth-order valence-electron chi connectivity index (χ4n) is 2.48. The number of fused-ring (bicyclic) bond motifs is 2. The van der Waals surface area contributed by atoms with Gasteiger partial charge in [0, 0.05) is 16.7 Å². The number of anilines is 1. The summed E-state index contributed by atoms with van der Waals surface area (Å²) < 4.78 is 0.955. The number of piperidine rings is 1. The smallest absolute Gasteiger partial charge is 0.257 e. The molecule has 2 aliphatic heterocycles. The van der Waals surface area contributed by atoms with Gasteiger partial charge in [0.25, 0.3) is 5.91 Å². The minimum atomic E-state index is 0.166. The van der Waals surface area contributed by atoms with Crippen molar-refractivity contribution in [1.82, 2.24) is 4.90 Å². The molecule has 4 heteroatoms. The van der Waals surface area contributed by atoms with Crippen molar-refractivity contribution in [2.75, 3.05) is 11.9 Å². The van der Waals surface area contributed by atoms with Crippen LogP contribution in [0.25, 0.3) is 0 Å². The Bertz CT molecular complexity index is 447. The van der Waals surface area contributed by atoms with E-state index >= 15 is 0 Å². The summed E-state index contributed by atoms with van der Waals surface area (Å²) in [7, 11) is 0. The molecule has 0 aliphatic carbocycles. The Labute approximate surface area is 103 Å². The minimum absolute atomic E-state index is 0.166. The lowest BCUT2D eigenvalue weighted by molar-refractivity contribution is 0.0628. The Balaban J connectivity index is 2.03. The number of rotatable bonds is 0. The van der Waals surface area contributed by atoms with Crippen LogP contribution in [-0.2, 0) is 0 Å². The largest absolute Gasteiger partial charge is 0.364 e. The number of nitrogens with zero attached hydrogens (tertiary/aromatic N) is 1. The average molecular weight is 281 g/mol. The molecule has 0 aromatic heterocycles. The molecule has 84 valence electrons. The van der Waals surface area contributed by atoms with Gasteiger partial charge in [-0.25, -0.2) is 0 Å². The Morgan fingerprint density at radius 2 is 2.25 bits per heavy atom. The van der Waals surface area contributed by atoms with Crippen LogP contribution >= 0.6 is 15.9 Å². The lowest BCUT2D eigenvalue weighted by atomic mass is 10.0. The maximum Gasteiger partial charge on any atom is 0.257 e. The zero-order valence-corrected chi connectivity index (χ0v) is 10.5. The van der Waals surface area contributed by atoms with Crippen LogP contribution in [0, 0.1) is 0 Å². The highest BCUT2D eigenvalue weighted by Gasteiger charge is 2.33. The first kappa shape index (κ1) is 10.1. The molecule has 3 rings (SSSR count). The monoisotopic (exact) mass is 280 g/mol. The van der Waals surface area contributed by atoms with Gasteiger partial charge in [0.15, 0.2) is 0 Å². The number of benzene rings is 1. The van der Waals surface area contributed by atoms with Gasteiger partial charge in [-0.15, -0.1) is 0 Å². The molecule has 1 aromatic carbocycles. The van der Waals surface area contributed by atoms with E-state index in [-0.39, 0.29) is 12.1 Å². The second-order valence-corrected chi connectivity index (χ2v) is 5.26.